The Morgan fingerprint density at radius 1 is 1.25 bits per heavy atom. The maximum atomic E-state index is 12.1. The molecule has 2 saturated heterocycles. The van der Waals surface area contributed by atoms with Gasteiger partial charge < -0.3 is 10.2 Å². The number of aryl methyl sites for hydroxylation is 1. The molecular formula is C17H25N3O3S. The van der Waals surface area contributed by atoms with Crippen LogP contribution in [-0.4, -0.2) is 69.5 Å². The minimum Gasteiger partial charge on any atom is -0.369 e. The maximum Gasteiger partial charge on any atom is 0.234 e. The monoisotopic (exact) mass is 351 g/mol. The van der Waals surface area contributed by atoms with Crippen LogP contribution in [0.1, 0.15) is 12.0 Å². The van der Waals surface area contributed by atoms with Crippen molar-refractivity contribution < 1.29 is 13.2 Å². The zero-order valence-electron chi connectivity index (χ0n) is 14.1. The molecule has 0 saturated carbocycles. The van der Waals surface area contributed by atoms with E-state index in [1.54, 1.807) is 0 Å². The van der Waals surface area contributed by atoms with Crippen LogP contribution in [0.3, 0.4) is 0 Å². The van der Waals surface area contributed by atoms with Crippen molar-refractivity contribution in [1.82, 2.24) is 10.2 Å². The van der Waals surface area contributed by atoms with Crippen LogP contribution in [0.5, 0.6) is 0 Å². The van der Waals surface area contributed by atoms with Gasteiger partial charge in [0.15, 0.2) is 9.84 Å². The van der Waals surface area contributed by atoms with Gasteiger partial charge in [0, 0.05) is 37.9 Å². The topological polar surface area (TPSA) is 69.7 Å². The molecule has 132 valence electrons. The summed E-state index contributed by atoms with van der Waals surface area (Å²) in [6, 6.07) is 8.25. The number of benzene rings is 1. The quantitative estimate of drug-likeness (QED) is 0.851. The molecule has 1 aromatic carbocycles. The van der Waals surface area contributed by atoms with Crippen LogP contribution in [0.4, 0.5) is 5.69 Å². The van der Waals surface area contributed by atoms with Gasteiger partial charge in [0.25, 0.3) is 0 Å². The highest BCUT2D eigenvalue weighted by Gasteiger charge is 2.29. The average Bonchev–Trinajstić information content (AvgIpc) is 2.86. The lowest BCUT2D eigenvalue weighted by molar-refractivity contribution is -0.122. The van der Waals surface area contributed by atoms with Crippen LogP contribution in [0.2, 0.25) is 0 Å². The van der Waals surface area contributed by atoms with Gasteiger partial charge in [0.2, 0.25) is 5.91 Å². The summed E-state index contributed by atoms with van der Waals surface area (Å²) < 4.78 is 22.9. The molecule has 2 heterocycles. The molecule has 0 aliphatic carbocycles. The Hall–Kier alpha value is -1.60. The number of hydrogen-bond donors (Lipinski definition) is 1. The highest BCUT2D eigenvalue weighted by atomic mass is 32.2. The number of carbonyl (C=O) groups is 1. The van der Waals surface area contributed by atoms with Gasteiger partial charge in [-0.1, -0.05) is 12.1 Å². The van der Waals surface area contributed by atoms with Crippen LogP contribution in [0, 0.1) is 6.92 Å². The van der Waals surface area contributed by atoms with E-state index < -0.39 is 9.84 Å². The summed E-state index contributed by atoms with van der Waals surface area (Å²) in [7, 11) is -2.95. The Bertz CT molecular complexity index is 697. The van der Waals surface area contributed by atoms with E-state index in [0.29, 0.717) is 13.0 Å². The Morgan fingerprint density at radius 2 is 2.00 bits per heavy atom. The Morgan fingerprint density at radius 3 is 2.62 bits per heavy atom. The molecule has 1 atom stereocenters. The van der Waals surface area contributed by atoms with Crippen molar-refractivity contribution in [3.63, 3.8) is 0 Å². The number of sulfone groups is 1. The molecule has 0 radical (unpaired) electrons. The first-order valence-corrected chi connectivity index (χ1v) is 10.3. The van der Waals surface area contributed by atoms with E-state index >= 15 is 0 Å². The molecule has 2 fully saturated rings. The molecular weight excluding hydrogens is 326 g/mol. The van der Waals surface area contributed by atoms with E-state index in [2.05, 4.69) is 46.3 Å². The Kier molecular flexibility index (Phi) is 5.10. The van der Waals surface area contributed by atoms with Gasteiger partial charge in [-0.2, -0.15) is 0 Å². The number of rotatable bonds is 4. The number of anilines is 1. The van der Waals surface area contributed by atoms with Crippen LogP contribution < -0.4 is 10.2 Å². The Balaban J connectivity index is 1.44. The van der Waals surface area contributed by atoms with Crippen molar-refractivity contribution in [2.24, 2.45) is 0 Å². The smallest absolute Gasteiger partial charge is 0.234 e. The van der Waals surface area contributed by atoms with Crippen molar-refractivity contribution >= 4 is 21.4 Å². The Labute approximate surface area is 143 Å². The van der Waals surface area contributed by atoms with Crippen LogP contribution >= 0.6 is 0 Å². The maximum absolute atomic E-state index is 12.1. The summed E-state index contributed by atoms with van der Waals surface area (Å²) in [5.74, 6) is 0.202. The molecule has 1 N–H and O–H groups in total. The lowest BCUT2D eigenvalue weighted by atomic mass is 10.2. The predicted octanol–water partition coefficient (Wildman–Crippen LogP) is 0.420. The largest absolute Gasteiger partial charge is 0.369 e. The van der Waals surface area contributed by atoms with E-state index in [4.69, 9.17) is 0 Å². The van der Waals surface area contributed by atoms with Crippen molar-refractivity contribution in [3.8, 4) is 0 Å². The minimum absolute atomic E-state index is 0.0684. The van der Waals surface area contributed by atoms with Crippen LogP contribution in [-0.2, 0) is 14.6 Å². The van der Waals surface area contributed by atoms with E-state index in [1.165, 1.54) is 11.3 Å². The molecule has 0 unspecified atom stereocenters. The first-order valence-electron chi connectivity index (χ1n) is 8.45. The van der Waals surface area contributed by atoms with Crippen LogP contribution in [0.25, 0.3) is 0 Å². The number of nitrogens with zero attached hydrogens (tertiary/aromatic N) is 2. The number of nitrogens with one attached hydrogen (secondary N) is 1. The fourth-order valence-corrected chi connectivity index (χ4v) is 5.05. The van der Waals surface area contributed by atoms with Gasteiger partial charge in [0.1, 0.15) is 0 Å². The van der Waals surface area contributed by atoms with E-state index in [0.717, 1.165) is 26.2 Å². The average molecular weight is 351 g/mol. The highest BCUT2D eigenvalue weighted by molar-refractivity contribution is 7.91. The summed E-state index contributed by atoms with van der Waals surface area (Å²) >= 11 is 0. The first-order chi connectivity index (χ1) is 11.4. The molecule has 2 aliphatic heterocycles. The molecule has 24 heavy (non-hydrogen) atoms. The molecule has 0 bridgehead atoms. The van der Waals surface area contributed by atoms with Crippen molar-refractivity contribution in [2.45, 2.75) is 19.4 Å². The molecule has 6 nitrogen and oxygen atoms in total. The minimum atomic E-state index is -2.95. The zero-order chi connectivity index (χ0) is 17.2. The summed E-state index contributed by atoms with van der Waals surface area (Å²) in [6.45, 7) is 5.91. The van der Waals surface area contributed by atoms with Crippen molar-refractivity contribution in [1.29, 1.82) is 0 Å². The van der Waals surface area contributed by atoms with Crippen molar-refractivity contribution in [2.75, 3.05) is 49.1 Å². The van der Waals surface area contributed by atoms with E-state index in [9.17, 15) is 13.2 Å². The van der Waals surface area contributed by atoms with Gasteiger partial charge in [-0.15, -0.1) is 0 Å². The summed E-state index contributed by atoms with van der Waals surface area (Å²) in [4.78, 5) is 16.6. The number of carbonyl (C=O) groups excluding carboxylic acids is 1. The lowest BCUT2D eigenvalue weighted by Gasteiger charge is -2.36. The second-order valence-electron chi connectivity index (χ2n) is 6.77. The van der Waals surface area contributed by atoms with Gasteiger partial charge in [0.05, 0.1) is 18.1 Å². The van der Waals surface area contributed by atoms with Gasteiger partial charge in [-0.25, -0.2) is 8.42 Å². The molecule has 0 spiro atoms. The van der Waals surface area contributed by atoms with Gasteiger partial charge in [-0.3, -0.25) is 9.69 Å². The van der Waals surface area contributed by atoms with Gasteiger partial charge in [-0.05, 0) is 31.0 Å². The third-order valence-electron chi connectivity index (χ3n) is 4.70. The van der Waals surface area contributed by atoms with Crippen molar-refractivity contribution in [3.05, 3.63) is 29.8 Å². The summed E-state index contributed by atoms with van der Waals surface area (Å²) in [6.07, 6.45) is 0.537. The fraction of sp³-hybridized carbons (Fsp3) is 0.588. The van der Waals surface area contributed by atoms with E-state index in [-0.39, 0.29) is 23.5 Å². The molecule has 1 aromatic rings. The predicted molar refractivity (Wildman–Crippen MR) is 95.0 cm³/mol. The molecule has 0 aromatic heterocycles. The first kappa shape index (κ1) is 17.2. The third kappa shape index (κ3) is 4.48. The van der Waals surface area contributed by atoms with E-state index in [1.807, 2.05) is 0 Å². The van der Waals surface area contributed by atoms with Gasteiger partial charge >= 0.3 is 0 Å². The number of hydrogen-bond acceptors (Lipinski definition) is 5. The summed E-state index contributed by atoms with van der Waals surface area (Å²) in [5, 5.41) is 2.86. The SMILES string of the molecule is Cc1cccc(N2CCN(CC(=O)N[C@@H]3CCS(=O)(=O)C3)CC2)c1. The summed E-state index contributed by atoms with van der Waals surface area (Å²) in [5.41, 5.74) is 2.48. The number of amides is 1. The highest BCUT2D eigenvalue weighted by Crippen LogP contribution is 2.17. The second-order valence-corrected chi connectivity index (χ2v) is 9.00. The zero-order valence-corrected chi connectivity index (χ0v) is 14.9. The standard InChI is InChI=1S/C17H25N3O3S/c1-14-3-2-4-16(11-14)20-8-6-19(7-9-20)12-17(21)18-15-5-10-24(22,23)13-15/h2-4,11,15H,5-10,12-13H2,1H3,(H,18,21)/t15-/m1/s1. The molecule has 7 heteroatoms. The fourth-order valence-electron chi connectivity index (χ4n) is 3.37. The lowest BCUT2D eigenvalue weighted by Crippen LogP contribution is -2.50. The second kappa shape index (κ2) is 7.11. The van der Waals surface area contributed by atoms with Crippen LogP contribution in [0.15, 0.2) is 24.3 Å². The third-order valence-corrected chi connectivity index (χ3v) is 6.47. The molecule has 1 amide bonds. The molecule has 2 aliphatic rings. The molecule has 3 rings (SSSR count). The normalized spacial score (nSPS) is 24.0. The number of piperazine rings is 1.